The van der Waals surface area contributed by atoms with Crippen LogP contribution in [-0.2, 0) is 0 Å². The number of H-pyrrole nitrogens is 1. The summed E-state index contributed by atoms with van der Waals surface area (Å²) in [6, 6.07) is 0. The van der Waals surface area contributed by atoms with Crippen molar-refractivity contribution in [2.75, 3.05) is 13.6 Å². The Balaban J connectivity index is 3.01. The second-order valence-electron chi connectivity index (χ2n) is 3.13. The number of nitrogens with one attached hydrogen (secondary N) is 1. The van der Waals surface area contributed by atoms with Crippen molar-refractivity contribution in [1.29, 1.82) is 0 Å². The van der Waals surface area contributed by atoms with Crippen molar-refractivity contribution in [2.24, 2.45) is 0 Å². The molecule has 72 valence electrons. The first-order valence-corrected chi connectivity index (χ1v) is 4.35. The third-order valence-corrected chi connectivity index (χ3v) is 2.16. The fourth-order valence-electron chi connectivity index (χ4n) is 1.20. The first-order chi connectivity index (χ1) is 6.07. The number of hydrogen-bond acceptors (Lipinski definition) is 2. The molecule has 0 unspecified atom stereocenters. The van der Waals surface area contributed by atoms with Crippen LogP contribution in [0.15, 0.2) is 0 Å². The third-order valence-electron chi connectivity index (χ3n) is 2.16. The van der Waals surface area contributed by atoms with E-state index in [0.717, 1.165) is 11.4 Å². The van der Waals surface area contributed by atoms with Gasteiger partial charge in [-0.1, -0.05) is 0 Å². The second-order valence-corrected chi connectivity index (χ2v) is 3.13. The fraction of sp³-hybridized carbons (Fsp3) is 0.556. The zero-order valence-electron chi connectivity index (χ0n) is 8.51. The SMILES string of the molecule is CCN(C)C(=O)c1c(C)n[nH]c1C. The number of hydrogen-bond donors (Lipinski definition) is 1. The van der Waals surface area contributed by atoms with Crippen molar-refractivity contribution in [2.45, 2.75) is 20.8 Å². The summed E-state index contributed by atoms with van der Waals surface area (Å²) in [7, 11) is 1.79. The van der Waals surface area contributed by atoms with Gasteiger partial charge in [0.25, 0.3) is 5.91 Å². The van der Waals surface area contributed by atoms with E-state index in [1.807, 2.05) is 20.8 Å². The first-order valence-electron chi connectivity index (χ1n) is 4.35. The number of nitrogens with zero attached hydrogens (tertiary/aromatic N) is 2. The maximum absolute atomic E-state index is 11.7. The lowest BCUT2D eigenvalue weighted by Crippen LogP contribution is -2.27. The molecule has 0 radical (unpaired) electrons. The van der Waals surface area contributed by atoms with Crippen molar-refractivity contribution < 1.29 is 4.79 Å². The molecule has 1 aromatic heterocycles. The van der Waals surface area contributed by atoms with Gasteiger partial charge in [0.05, 0.1) is 11.3 Å². The van der Waals surface area contributed by atoms with Crippen LogP contribution in [-0.4, -0.2) is 34.6 Å². The predicted octanol–water partition coefficient (Wildman–Crippen LogP) is 1.12. The van der Waals surface area contributed by atoms with Gasteiger partial charge >= 0.3 is 0 Å². The van der Waals surface area contributed by atoms with Crippen LogP contribution in [0.1, 0.15) is 28.7 Å². The Morgan fingerprint density at radius 1 is 1.54 bits per heavy atom. The average Bonchev–Trinajstić information content (AvgIpc) is 2.44. The largest absolute Gasteiger partial charge is 0.342 e. The van der Waals surface area contributed by atoms with Crippen LogP contribution < -0.4 is 0 Å². The molecule has 1 amide bonds. The molecule has 4 heteroatoms. The maximum atomic E-state index is 11.7. The van der Waals surface area contributed by atoms with E-state index in [-0.39, 0.29) is 5.91 Å². The van der Waals surface area contributed by atoms with E-state index in [0.29, 0.717) is 12.1 Å². The molecule has 0 saturated heterocycles. The number of carbonyl (C=O) groups is 1. The van der Waals surface area contributed by atoms with E-state index in [4.69, 9.17) is 0 Å². The average molecular weight is 181 g/mol. The summed E-state index contributed by atoms with van der Waals surface area (Å²) in [4.78, 5) is 13.4. The molecule has 0 bridgehead atoms. The van der Waals surface area contributed by atoms with Crippen molar-refractivity contribution in [3.63, 3.8) is 0 Å². The topological polar surface area (TPSA) is 49.0 Å². The van der Waals surface area contributed by atoms with Crippen LogP contribution in [0.5, 0.6) is 0 Å². The monoisotopic (exact) mass is 181 g/mol. The zero-order valence-corrected chi connectivity index (χ0v) is 8.51. The van der Waals surface area contributed by atoms with Crippen LogP contribution in [0, 0.1) is 13.8 Å². The lowest BCUT2D eigenvalue weighted by Gasteiger charge is -2.14. The van der Waals surface area contributed by atoms with Crippen LogP contribution in [0.3, 0.4) is 0 Å². The fourth-order valence-corrected chi connectivity index (χ4v) is 1.20. The van der Waals surface area contributed by atoms with Crippen LogP contribution in [0.25, 0.3) is 0 Å². The Labute approximate surface area is 77.9 Å². The number of aromatic nitrogens is 2. The summed E-state index contributed by atoms with van der Waals surface area (Å²) < 4.78 is 0. The van der Waals surface area contributed by atoms with Crippen molar-refractivity contribution in [3.05, 3.63) is 17.0 Å². The highest BCUT2D eigenvalue weighted by molar-refractivity contribution is 5.96. The summed E-state index contributed by atoms with van der Waals surface area (Å²) in [6.45, 7) is 6.35. The molecule has 0 aliphatic heterocycles. The van der Waals surface area contributed by atoms with Crippen LogP contribution in [0.2, 0.25) is 0 Å². The molecule has 13 heavy (non-hydrogen) atoms. The zero-order chi connectivity index (χ0) is 10.0. The van der Waals surface area contributed by atoms with Gasteiger partial charge in [0, 0.05) is 19.3 Å². The summed E-state index contributed by atoms with van der Waals surface area (Å²) in [6.07, 6.45) is 0. The molecule has 1 N–H and O–H groups in total. The molecule has 1 heterocycles. The Morgan fingerprint density at radius 2 is 2.15 bits per heavy atom. The Hall–Kier alpha value is -1.32. The Bertz CT molecular complexity index is 297. The minimum absolute atomic E-state index is 0.0336. The van der Waals surface area contributed by atoms with E-state index in [1.54, 1.807) is 11.9 Å². The van der Waals surface area contributed by atoms with Crippen molar-refractivity contribution in [3.8, 4) is 0 Å². The van der Waals surface area contributed by atoms with E-state index >= 15 is 0 Å². The summed E-state index contributed by atoms with van der Waals surface area (Å²) in [5.74, 6) is 0.0336. The highest BCUT2D eigenvalue weighted by atomic mass is 16.2. The Morgan fingerprint density at radius 3 is 2.54 bits per heavy atom. The normalized spacial score (nSPS) is 10.2. The number of aryl methyl sites for hydroxylation is 2. The van der Waals surface area contributed by atoms with Gasteiger partial charge < -0.3 is 4.90 Å². The molecule has 0 aliphatic rings. The standard InChI is InChI=1S/C9H15N3O/c1-5-12(4)9(13)8-6(2)10-11-7(8)3/h5H2,1-4H3,(H,10,11). The molecule has 1 aromatic rings. The van der Waals surface area contributed by atoms with Gasteiger partial charge in [-0.15, -0.1) is 0 Å². The predicted molar refractivity (Wildman–Crippen MR) is 50.7 cm³/mol. The molecule has 0 atom stereocenters. The molecule has 0 aliphatic carbocycles. The minimum Gasteiger partial charge on any atom is -0.342 e. The summed E-state index contributed by atoms with van der Waals surface area (Å²) in [5, 5.41) is 6.78. The van der Waals surface area contributed by atoms with E-state index < -0.39 is 0 Å². The highest BCUT2D eigenvalue weighted by Crippen LogP contribution is 2.11. The molecular weight excluding hydrogens is 166 g/mol. The minimum atomic E-state index is 0.0336. The van der Waals surface area contributed by atoms with Gasteiger partial charge in [0.1, 0.15) is 0 Å². The lowest BCUT2D eigenvalue weighted by atomic mass is 10.2. The first kappa shape index (κ1) is 9.77. The molecule has 0 aromatic carbocycles. The van der Waals surface area contributed by atoms with E-state index in [1.165, 1.54) is 0 Å². The quantitative estimate of drug-likeness (QED) is 0.743. The summed E-state index contributed by atoms with van der Waals surface area (Å²) in [5.41, 5.74) is 2.30. The molecule has 4 nitrogen and oxygen atoms in total. The van der Waals surface area contributed by atoms with Gasteiger partial charge in [-0.3, -0.25) is 9.89 Å². The van der Waals surface area contributed by atoms with Crippen molar-refractivity contribution in [1.82, 2.24) is 15.1 Å². The van der Waals surface area contributed by atoms with Gasteiger partial charge in [-0.05, 0) is 20.8 Å². The van der Waals surface area contributed by atoms with Gasteiger partial charge in [0.15, 0.2) is 0 Å². The molecule has 1 rings (SSSR count). The highest BCUT2D eigenvalue weighted by Gasteiger charge is 2.17. The third kappa shape index (κ3) is 1.71. The second kappa shape index (κ2) is 3.60. The smallest absolute Gasteiger partial charge is 0.257 e. The number of amides is 1. The van der Waals surface area contributed by atoms with Crippen LogP contribution >= 0.6 is 0 Å². The van der Waals surface area contributed by atoms with Gasteiger partial charge in [-0.2, -0.15) is 5.10 Å². The number of rotatable bonds is 2. The number of aromatic amines is 1. The molecule has 0 spiro atoms. The molecular formula is C9H15N3O. The van der Waals surface area contributed by atoms with Crippen LogP contribution in [0.4, 0.5) is 0 Å². The van der Waals surface area contributed by atoms with E-state index in [9.17, 15) is 4.79 Å². The van der Waals surface area contributed by atoms with E-state index in [2.05, 4.69) is 10.2 Å². The lowest BCUT2D eigenvalue weighted by molar-refractivity contribution is 0.0801. The maximum Gasteiger partial charge on any atom is 0.257 e. The summed E-state index contributed by atoms with van der Waals surface area (Å²) >= 11 is 0. The van der Waals surface area contributed by atoms with Gasteiger partial charge in [-0.25, -0.2) is 0 Å². The molecule has 0 saturated carbocycles. The van der Waals surface area contributed by atoms with Crippen molar-refractivity contribution >= 4 is 5.91 Å². The van der Waals surface area contributed by atoms with Gasteiger partial charge in [0.2, 0.25) is 0 Å². The Kier molecular flexibility index (Phi) is 2.70. The number of carbonyl (C=O) groups excluding carboxylic acids is 1. The molecule has 0 fully saturated rings.